The van der Waals surface area contributed by atoms with Gasteiger partial charge in [-0.15, -0.1) is 0 Å². The molecule has 1 rings (SSSR count). The van der Waals surface area contributed by atoms with Crippen LogP contribution in [-0.2, 0) is 11.4 Å². The van der Waals surface area contributed by atoms with Gasteiger partial charge >= 0.3 is 0 Å². The zero-order valence-corrected chi connectivity index (χ0v) is 12.5. The Morgan fingerprint density at radius 3 is 2.05 bits per heavy atom. The van der Waals surface area contributed by atoms with E-state index < -0.39 is 21.9 Å². The molecule has 0 aliphatic carbocycles. The number of ether oxygens (including phenoxy) is 2. The molecule has 0 aromatic heterocycles. The third-order valence-electron chi connectivity index (χ3n) is 2.31. The predicted octanol–water partition coefficient (Wildman–Crippen LogP) is 2.72. The fourth-order valence-corrected chi connectivity index (χ4v) is 1.81. The van der Waals surface area contributed by atoms with Crippen LogP contribution in [0.2, 0.25) is 0 Å². The van der Waals surface area contributed by atoms with E-state index in [2.05, 4.69) is 4.40 Å². The molecule has 1 aromatic rings. The van der Waals surface area contributed by atoms with Crippen molar-refractivity contribution in [2.75, 3.05) is 14.2 Å². The zero-order valence-electron chi connectivity index (χ0n) is 11.7. The van der Waals surface area contributed by atoms with Gasteiger partial charge in [0, 0.05) is 12.1 Å². The highest BCUT2D eigenvalue weighted by molar-refractivity contribution is 7.91. The minimum atomic E-state index is -1.40. The van der Waals surface area contributed by atoms with E-state index in [4.69, 9.17) is 9.47 Å². The Balaban J connectivity index is 3.16. The van der Waals surface area contributed by atoms with E-state index in [1.165, 1.54) is 32.6 Å². The summed E-state index contributed by atoms with van der Waals surface area (Å²) in [4.78, 5) is 0. The van der Waals surface area contributed by atoms with Crippen molar-refractivity contribution in [1.82, 2.24) is 0 Å². The Kier molecular flexibility index (Phi) is 5.20. The predicted molar refractivity (Wildman–Crippen MR) is 75.0 cm³/mol. The van der Waals surface area contributed by atoms with Crippen molar-refractivity contribution in [2.45, 2.75) is 25.5 Å². The minimum Gasteiger partial charge on any atom is -0.591 e. The van der Waals surface area contributed by atoms with Gasteiger partial charge in [0.2, 0.25) is 0 Å². The molecule has 0 aliphatic rings. The molecule has 1 atom stereocenters. The molecule has 0 heterocycles. The Hall–Kier alpha value is -1.27. The summed E-state index contributed by atoms with van der Waals surface area (Å²) >= 11 is -1.40. The van der Waals surface area contributed by atoms with Gasteiger partial charge in [0.05, 0.1) is 26.0 Å². The molecule has 0 N–H and O–H groups in total. The molecule has 0 amide bonds. The fourth-order valence-electron chi connectivity index (χ4n) is 1.29. The Bertz CT molecular complexity index is 446. The number of hydrogen-bond donors (Lipinski definition) is 0. The molecular formula is C13H18FNO3S. The van der Waals surface area contributed by atoms with Crippen LogP contribution in [0.5, 0.6) is 11.5 Å². The van der Waals surface area contributed by atoms with Gasteiger partial charge in [-0.3, -0.25) is 0 Å². The van der Waals surface area contributed by atoms with Crippen LogP contribution in [-0.4, -0.2) is 29.7 Å². The first-order valence-electron chi connectivity index (χ1n) is 5.67. The molecule has 1 unspecified atom stereocenters. The summed E-state index contributed by atoms with van der Waals surface area (Å²) in [5.41, 5.74) is 0.462. The molecule has 0 saturated carbocycles. The highest BCUT2D eigenvalue weighted by Crippen LogP contribution is 2.29. The van der Waals surface area contributed by atoms with Gasteiger partial charge in [-0.25, -0.2) is 4.39 Å². The number of rotatable bonds is 4. The van der Waals surface area contributed by atoms with Crippen molar-refractivity contribution < 1.29 is 18.4 Å². The van der Waals surface area contributed by atoms with Crippen LogP contribution in [0.15, 0.2) is 16.5 Å². The number of halogens is 1. The molecule has 1 aromatic carbocycles. The lowest BCUT2D eigenvalue weighted by Crippen LogP contribution is -2.25. The van der Waals surface area contributed by atoms with Gasteiger partial charge < -0.3 is 14.0 Å². The van der Waals surface area contributed by atoms with Crippen molar-refractivity contribution in [3.05, 3.63) is 23.5 Å². The summed E-state index contributed by atoms with van der Waals surface area (Å²) in [6.45, 7) is 5.46. The molecule has 0 aliphatic heterocycles. The molecule has 0 saturated heterocycles. The molecule has 0 spiro atoms. The summed E-state index contributed by atoms with van der Waals surface area (Å²) in [6, 6.07) is 2.45. The number of nitrogens with zero attached hydrogens (tertiary/aromatic N) is 1. The average Bonchev–Trinajstić information content (AvgIpc) is 2.34. The Morgan fingerprint density at radius 1 is 1.21 bits per heavy atom. The van der Waals surface area contributed by atoms with E-state index in [-0.39, 0.29) is 11.5 Å². The number of hydrogen-bond acceptors (Lipinski definition) is 4. The van der Waals surface area contributed by atoms with Crippen LogP contribution in [0.25, 0.3) is 0 Å². The smallest absolute Gasteiger partial charge is 0.144 e. The monoisotopic (exact) mass is 287 g/mol. The lowest BCUT2D eigenvalue weighted by molar-refractivity contribution is 0.387. The highest BCUT2D eigenvalue weighted by Gasteiger charge is 2.26. The van der Waals surface area contributed by atoms with E-state index in [1.807, 2.05) is 20.8 Å². The normalized spacial score (nSPS) is 13.6. The van der Waals surface area contributed by atoms with Gasteiger partial charge in [-0.1, -0.05) is 4.40 Å². The van der Waals surface area contributed by atoms with Gasteiger partial charge in [0.15, 0.2) is 0 Å². The Morgan fingerprint density at radius 2 is 1.68 bits per heavy atom. The molecule has 0 radical (unpaired) electrons. The Labute approximate surface area is 116 Å². The first-order valence-corrected chi connectivity index (χ1v) is 6.78. The first kappa shape index (κ1) is 15.8. The van der Waals surface area contributed by atoms with Crippen LogP contribution in [0.4, 0.5) is 4.39 Å². The van der Waals surface area contributed by atoms with Crippen LogP contribution >= 0.6 is 0 Å². The molecular weight excluding hydrogens is 269 g/mol. The average molecular weight is 287 g/mol. The van der Waals surface area contributed by atoms with Gasteiger partial charge in [-0.05, 0) is 20.8 Å². The van der Waals surface area contributed by atoms with Gasteiger partial charge in [-0.2, -0.15) is 0 Å². The fraction of sp³-hybridized carbons (Fsp3) is 0.462. The molecule has 6 heteroatoms. The molecule has 106 valence electrons. The second-order valence-electron chi connectivity index (χ2n) is 4.82. The van der Waals surface area contributed by atoms with Crippen LogP contribution in [0, 0.1) is 5.82 Å². The summed E-state index contributed by atoms with van der Waals surface area (Å²) in [6.07, 6.45) is 1.39. The van der Waals surface area contributed by atoms with Crippen molar-refractivity contribution in [3.63, 3.8) is 0 Å². The van der Waals surface area contributed by atoms with Crippen LogP contribution in [0.3, 0.4) is 0 Å². The van der Waals surface area contributed by atoms with E-state index in [1.54, 1.807) is 0 Å². The maximum Gasteiger partial charge on any atom is 0.144 e. The van der Waals surface area contributed by atoms with Crippen molar-refractivity contribution >= 4 is 17.6 Å². The summed E-state index contributed by atoms with van der Waals surface area (Å²) in [5.74, 6) is 0.0980. The summed E-state index contributed by atoms with van der Waals surface area (Å²) in [7, 11) is 2.85. The first-order chi connectivity index (χ1) is 8.79. The van der Waals surface area contributed by atoms with E-state index in [0.717, 1.165) is 0 Å². The maximum atomic E-state index is 13.3. The second kappa shape index (κ2) is 6.25. The third kappa shape index (κ3) is 4.11. The molecule has 0 fully saturated rings. The van der Waals surface area contributed by atoms with Crippen molar-refractivity contribution in [3.8, 4) is 11.5 Å². The largest absolute Gasteiger partial charge is 0.591 e. The quantitative estimate of drug-likeness (QED) is 0.632. The van der Waals surface area contributed by atoms with Crippen LogP contribution in [0.1, 0.15) is 26.3 Å². The summed E-state index contributed by atoms with van der Waals surface area (Å²) < 4.78 is 38.8. The number of benzene rings is 1. The maximum absolute atomic E-state index is 13.3. The van der Waals surface area contributed by atoms with Gasteiger partial charge in [0.1, 0.15) is 33.4 Å². The zero-order chi connectivity index (χ0) is 14.6. The lowest BCUT2D eigenvalue weighted by atomic mass is 10.2. The highest BCUT2D eigenvalue weighted by atomic mass is 32.2. The molecule has 0 bridgehead atoms. The standard InChI is InChI=1S/C13H18FNO3S/c1-13(2,3)19(16)15-8-10-11(17-4)6-9(14)7-12(10)18-5/h6-8H,1-5H3/b15-8+. The third-order valence-corrected chi connectivity index (χ3v) is 3.65. The lowest BCUT2D eigenvalue weighted by Gasteiger charge is -2.18. The van der Waals surface area contributed by atoms with E-state index in [0.29, 0.717) is 5.56 Å². The second-order valence-corrected chi connectivity index (χ2v) is 6.75. The molecule has 4 nitrogen and oxygen atoms in total. The molecule has 19 heavy (non-hydrogen) atoms. The van der Waals surface area contributed by atoms with E-state index in [9.17, 15) is 8.94 Å². The SMILES string of the molecule is COc1cc(F)cc(OC)c1/C=N/[S+]([O-])C(C)(C)C. The minimum absolute atomic E-state index is 0.284. The van der Waals surface area contributed by atoms with Crippen molar-refractivity contribution in [1.29, 1.82) is 0 Å². The van der Waals surface area contributed by atoms with E-state index >= 15 is 0 Å². The summed E-state index contributed by atoms with van der Waals surface area (Å²) in [5, 5.41) is 0. The number of methoxy groups -OCH3 is 2. The van der Waals surface area contributed by atoms with Gasteiger partial charge in [0.25, 0.3) is 0 Å². The van der Waals surface area contributed by atoms with Crippen molar-refractivity contribution in [2.24, 2.45) is 4.40 Å². The van der Waals surface area contributed by atoms with Crippen LogP contribution < -0.4 is 9.47 Å². The topological polar surface area (TPSA) is 53.9 Å².